The summed E-state index contributed by atoms with van der Waals surface area (Å²) in [6.45, 7) is 3.83. The van der Waals surface area contributed by atoms with Crippen LogP contribution in [0.4, 0.5) is 17.3 Å². The molecule has 1 aliphatic heterocycles. The number of nitrogens with zero attached hydrogens (tertiary/aromatic N) is 7. The van der Waals surface area contributed by atoms with Crippen LogP contribution in [0, 0.1) is 0 Å². The lowest BCUT2D eigenvalue weighted by atomic mass is 10.3. The van der Waals surface area contributed by atoms with Crippen LogP contribution >= 0.6 is 0 Å². The Morgan fingerprint density at radius 3 is 2.79 bits per heavy atom. The molecule has 5 heterocycles. The van der Waals surface area contributed by atoms with Crippen molar-refractivity contribution in [1.82, 2.24) is 34.6 Å². The number of nitrogens with one attached hydrogen (secondary N) is 2. The summed E-state index contributed by atoms with van der Waals surface area (Å²) in [6, 6.07) is 3.97. The van der Waals surface area contributed by atoms with Crippen LogP contribution in [0.2, 0.25) is 0 Å². The first-order valence-electron chi connectivity index (χ1n) is 9.09. The maximum atomic E-state index is 5.67. The Balaban J connectivity index is 1.46. The second-order valence-electron chi connectivity index (χ2n) is 6.59. The summed E-state index contributed by atoms with van der Waals surface area (Å²) in [5.74, 6) is 7.30. The van der Waals surface area contributed by atoms with Crippen LogP contribution in [0.25, 0.3) is 16.9 Å². The number of nitrogen functional groups attached to an aromatic ring is 1. The average molecular weight is 376 g/mol. The van der Waals surface area contributed by atoms with Gasteiger partial charge in [0.2, 0.25) is 0 Å². The number of imidazole rings is 1. The third-order valence-electron chi connectivity index (χ3n) is 4.77. The summed E-state index contributed by atoms with van der Waals surface area (Å²) in [5, 5.41) is 10.8. The van der Waals surface area contributed by atoms with Gasteiger partial charge < -0.3 is 21.4 Å². The van der Waals surface area contributed by atoms with E-state index in [0.717, 1.165) is 54.6 Å². The van der Waals surface area contributed by atoms with E-state index in [4.69, 9.17) is 5.84 Å². The van der Waals surface area contributed by atoms with Crippen molar-refractivity contribution in [2.45, 2.75) is 0 Å². The third kappa shape index (κ3) is 2.99. The van der Waals surface area contributed by atoms with Gasteiger partial charge >= 0.3 is 0 Å². The number of piperazine rings is 1. The van der Waals surface area contributed by atoms with Crippen molar-refractivity contribution in [2.24, 2.45) is 0 Å². The highest BCUT2D eigenvalue weighted by Crippen LogP contribution is 2.25. The van der Waals surface area contributed by atoms with Crippen molar-refractivity contribution in [3.8, 4) is 11.3 Å². The molecule has 0 aromatic carbocycles. The van der Waals surface area contributed by atoms with Crippen LogP contribution in [0.5, 0.6) is 0 Å². The standard InChI is InChI=1S/C18H20N10/c19-28-12-13(10-24-28)15-11-23-18-17(22-5-8-27(15)18)25-14-1-2-21-16(9-14)26-6-3-20-4-7-26/h1-2,5,8-12,20H,3-4,6-7,19H2,(H,21,22,25). The van der Waals surface area contributed by atoms with Gasteiger partial charge in [-0.2, -0.15) is 9.89 Å². The highest BCUT2D eigenvalue weighted by atomic mass is 15.5. The van der Waals surface area contributed by atoms with Crippen LogP contribution in [-0.4, -0.2) is 55.4 Å². The zero-order valence-electron chi connectivity index (χ0n) is 15.2. The second-order valence-corrected chi connectivity index (χ2v) is 6.59. The van der Waals surface area contributed by atoms with Gasteiger partial charge in [0, 0.05) is 62.1 Å². The number of aromatic nitrogens is 6. The zero-order valence-corrected chi connectivity index (χ0v) is 15.2. The Morgan fingerprint density at radius 1 is 1.07 bits per heavy atom. The molecule has 1 saturated heterocycles. The predicted octanol–water partition coefficient (Wildman–Crippen LogP) is 0.855. The fourth-order valence-electron chi connectivity index (χ4n) is 3.39. The lowest BCUT2D eigenvalue weighted by Gasteiger charge is -2.28. The quantitative estimate of drug-likeness (QED) is 0.449. The first-order valence-corrected chi connectivity index (χ1v) is 9.09. The molecule has 0 spiro atoms. The summed E-state index contributed by atoms with van der Waals surface area (Å²) < 4.78 is 1.96. The number of nitrogens with two attached hydrogens (primary N) is 1. The average Bonchev–Trinajstić information content (AvgIpc) is 3.35. The molecule has 0 bridgehead atoms. The summed E-state index contributed by atoms with van der Waals surface area (Å²) in [7, 11) is 0. The Kier molecular flexibility index (Phi) is 4.02. The lowest BCUT2D eigenvalue weighted by molar-refractivity contribution is 0.585. The van der Waals surface area contributed by atoms with E-state index in [1.54, 1.807) is 24.8 Å². The molecular formula is C18H20N10. The molecule has 142 valence electrons. The van der Waals surface area contributed by atoms with Crippen LogP contribution in [-0.2, 0) is 0 Å². The lowest BCUT2D eigenvalue weighted by Crippen LogP contribution is -2.43. The molecule has 10 heteroatoms. The first kappa shape index (κ1) is 16.5. The van der Waals surface area contributed by atoms with Crippen LogP contribution in [0.3, 0.4) is 0 Å². The Hall–Kier alpha value is -3.66. The van der Waals surface area contributed by atoms with Gasteiger partial charge in [0.1, 0.15) is 5.82 Å². The van der Waals surface area contributed by atoms with E-state index in [9.17, 15) is 0 Å². The molecule has 10 nitrogen and oxygen atoms in total. The maximum Gasteiger partial charge on any atom is 0.180 e. The molecule has 0 amide bonds. The number of pyridine rings is 1. The van der Waals surface area contributed by atoms with Gasteiger partial charge in [-0.15, -0.1) is 0 Å². The van der Waals surface area contributed by atoms with E-state index in [2.05, 4.69) is 35.6 Å². The maximum absolute atomic E-state index is 5.67. The van der Waals surface area contributed by atoms with Crippen LogP contribution in [0.1, 0.15) is 0 Å². The zero-order chi connectivity index (χ0) is 18.9. The van der Waals surface area contributed by atoms with Crippen molar-refractivity contribution in [3.63, 3.8) is 0 Å². The molecule has 0 atom stereocenters. The molecule has 28 heavy (non-hydrogen) atoms. The van der Waals surface area contributed by atoms with Crippen molar-refractivity contribution in [3.05, 3.63) is 49.3 Å². The van der Waals surface area contributed by atoms with Crippen molar-refractivity contribution >= 4 is 23.0 Å². The van der Waals surface area contributed by atoms with Gasteiger partial charge in [0.15, 0.2) is 11.5 Å². The minimum Gasteiger partial charge on any atom is -0.354 e. The largest absolute Gasteiger partial charge is 0.354 e. The minimum absolute atomic E-state index is 0.673. The Labute approximate surface area is 161 Å². The van der Waals surface area contributed by atoms with Gasteiger partial charge in [0.25, 0.3) is 0 Å². The number of rotatable bonds is 4. The van der Waals surface area contributed by atoms with Gasteiger partial charge in [-0.25, -0.2) is 15.0 Å². The van der Waals surface area contributed by atoms with Gasteiger partial charge in [0.05, 0.1) is 24.3 Å². The number of hydrogen-bond acceptors (Lipinski definition) is 8. The first-order chi connectivity index (χ1) is 13.8. The smallest absolute Gasteiger partial charge is 0.180 e. The monoisotopic (exact) mass is 376 g/mol. The van der Waals surface area contributed by atoms with Gasteiger partial charge in [-0.1, -0.05) is 0 Å². The van der Waals surface area contributed by atoms with Crippen LogP contribution in [0.15, 0.2) is 49.3 Å². The predicted molar refractivity (Wildman–Crippen MR) is 107 cm³/mol. The number of anilines is 3. The number of hydrogen-bond donors (Lipinski definition) is 3. The van der Waals surface area contributed by atoms with E-state index < -0.39 is 0 Å². The molecule has 4 N–H and O–H groups in total. The van der Waals surface area contributed by atoms with E-state index >= 15 is 0 Å². The molecular weight excluding hydrogens is 356 g/mol. The summed E-state index contributed by atoms with van der Waals surface area (Å²) in [4.78, 5) is 17.1. The molecule has 4 aromatic heterocycles. The molecule has 5 rings (SSSR count). The Morgan fingerprint density at radius 2 is 1.96 bits per heavy atom. The molecule has 1 aliphatic rings. The van der Waals surface area contributed by atoms with Crippen molar-refractivity contribution in [2.75, 3.05) is 42.2 Å². The molecule has 0 radical (unpaired) electrons. The van der Waals surface area contributed by atoms with Gasteiger partial charge in [-0.05, 0) is 6.07 Å². The fraction of sp³-hybridized carbons (Fsp3) is 0.222. The fourth-order valence-corrected chi connectivity index (χ4v) is 3.39. The summed E-state index contributed by atoms with van der Waals surface area (Å²) in [5.41, 5.74) is 3.43. The molecule has 4 aromatic rings. The van der Waals surface area contributed by atoms with Crippen LogP contribution < -0.4 is 21.4 Å². The molecule has 0 aliphatic carbocycles. The Bertz CT molecular complexity index is 1110. The van der Waals surface area contributed by atoms with E-state index in [0.29, 0.717) is 5.82 Å². The minimum atomic E-state index is 0.673. The van der Waals surface area contributed by atoms with E-state index in [1.165, 1.54) is 4.79 Å². The SMILES string of the molecule is Nn1cc(-c2cnc3c(Nc4ccnc(N5CCNCC5)c4)nccn23)cn1. The summed E-state index contributed by atoms with van der Waals surface area (Å²) >= 11 is 0. The van der Waals surface area contributed by atoms with Crippen molar-refractivity contribution in [1.29, 1.82) is 0 Å². The third-order valence-corrected chi connectivity index (χ3v) is 4.77. The van der Waals surface area contributed by atoms with E-state index in [1.807, 2.05) is 28.9 Å². The van der Waals surface area contributed by atoms with Crippen molar-refractivity contribution < 1.29 is 0 Å². The highest BCUT2D eigenvalue weighted by Gasteiger charge is 2.14. The normalized spacial score (nSPS) is 14.5. The van der Waals surface area contributed by atoms with Gasteiger partial charge in [-0.3, -0.25) is 4.40 Å². The highest BCUT2D eigenvalue weighted by molar-refractivity contribution is 5.74. The second kappa shape index (κ2) is 6.82. The molecule has 0 unspecified atom stereocenters. The summed E-state index contributed by atoms with van der Waals surface area (Å²) in [6.07, 6.45) is 10.7. The van der Waals surface area contributed by atoms with E-state index in [-0.39, 0.29) is 0 Å². The molecule has 1 fully saturated rings. The topological polar surface area (TPSA) is 114 Å². The number of fused-ring (bicyclic) bond motifs is 1. The molecule has 0 saturated carbocycles.